The van der Waals surface area contributed by atoms with Crippen LogP contribution < -0.4 is 5.73 Å². The number of nitrogens with zero attached hydrogens (tertiary/aromatic N) is 2. The molecule has 1 aromatic carbocycles. The largest absolute Gasteiger partial charge is 0.419 e. The van der Waals surface area contributed by atoms with Gasteiger partial charge in [-0.25, -0.2) is 4.68 Å². The van der Waals surface area contributed by atoms with Gasteiger partial charge in [-0.1, -0.05) is 23.2 Å². The molecule has 0 aliphatic heterocycles. The van der Waals surface area contributed by atoms with Crippen molar-refractivity contribution in [2.24, 2.45) is 0 Å². The second-order valence-corrected chi connectivity index (χ2v) is 4.32. The van der Waals surface area contributed by atoms with Crippen LogP contribution >= 0.6 is 23.2 Å². The Kier molecular flexibility index (Phi) is 3.16. The number of alkyl halides is 3. The molecule has 0 saturated carbocycles. The van der Waals surface area contributed by atoms with Crippen LogP contribution in [0.25, 0.3) is 5.69 Å². The van der Waals surface area contributed by atoms with E-state index in [0.29, 0.717) is 11.9 Å². The van der Waals surface area contributed by atoms with Gasteiger partial charge in [0.1, 0.15) is 5.69 Å². The highest BCUT2D eigenvalue weighted by molar-refractivity contribution is 6.38. The fraction of sp³-hybridized carbons (Fsp3) is 0.100. The maximum Gasteiger partial charge on any atom is 0.419 e. The topological polar surface area (TPSA) is 43.8 Å². The fourth-order valence-corrected chi connectivity index (χ4v) is 2.07. The molecule has 0 amide bonds. The van der Waals surface area contributed by atoms with Crippen LogP contribution in [0.15, 0.2) is 24.5 Å². The summed E-state index contributed by atoms with van der Waals surface area (Å²) in [5.41, 5.74) is 5.09. The van der Waals surface area contributed by atoms with Gasteiger partial charge in [-0.2, -0.15) is 18.3 Å². The number of anilines is 1. The van der Waals surface area contributed by atoms with Gasteiger partial charge < -0.3 is 5.73 Å². The van der Waals surface area contributed by atoms with E-state index in [1.165, 1.54) is 12.1 Å². The monoisotopic (exact) mass is 295 g/mol. The first kappa shape index (κ1) is 13.0. The summed E-state index contributed by atoms with van der Waals surface area (Å²) in [4.78, 5) is 0. The SMILES string of the molecule is Nc1cc(Cl)c(-n2cc(C(F)(F)F)cn2)c(Cl)c1. The van der Waals surface area contributed by atoms with Crippen LogP contribution in [-0.2, 0) is 6.18 Å². The highest BCUT2D eigenvalue weighted by Gasteiger charge is 2.32. The van der Waals surface area contributed by atoms with Crippen LogP contribution in [0.3, 0.4) is 0 Å². The molecule has 1 aromatic heterocycles. The van der Waals surface area contributed by atoms with Gasteiger partial charge in [-0.3, -0.25) is 0 Å². The Morgan fingerprint density at radius 3 is 2.17 bits per heavy atom. The molecule has 0 fully saturated rings. The van der Waals surface area contributed by atoms with Crippen molar-refractivity contribution in [3.05, 3.63) is 40.1 Å². The Hall–Kier alpha value is -1.40. The molecule has 0 atom stereocenters. The smallest absolute Gasteiger partial charge is 0.399 e. The summed E-state index contributed by atoms with van der Waals surface area (Å²) in [5.74, 6) is 0. The van der Waals surface area contributed by atoms with Gasteiger partial charge in [0.15, 0.2) is 0 Å². The van der Waals surface area contributed by atoms with Crippen molar-refractivity contribution in [3.63, 3.8) is 0 Å². The Morgan fingerprint density at radius 2 is 1.72 bits per heavy atom. The highest BCUT2D eigenvalue weighted by atomic mass is 35.5. The number of hydrogen-bond donors (Lipinski definition) is 1. The van der Waals surface area contributed by atoms with Gasteiger partial charge >= 0.3 is 6.18 Å². The van der Waals surface area contributed by atoms with Crippen LogP contribution in [0.5, 0.6) is 0 Å². The van der Waals surface area contributed by atoms with E-state index in [1.54, 1.807) is 0 Å². The Bertz CT molecular complexity index is 569. The molecular weight excluding hydrogens is 290 g/mol. The summed E-state index contributed by atoms with van der Waals surface area (Å²) in [7, 11) is 0. The predicted octanol–water partition coefficient (Wildman–Crippen LogP) is 3.78. The Balaban J connectivity index is 2.53. The van der Waals surface area contributed by atoms with Crippen molar-refractivity contribution >= 4 is 28.9 Å². The van der Waals surface area contributed by atoms with Gasteiger partial charge in [0.05, 0.1) is 21.8 Å². The Morgan fingerprint density at radius 1 is 1.17 bits per heavy atom. The molecule has 96 valence electrons. The van der Waals surface area contributed by atoms with Gasteiger partial charge in [0.25, 0.3) is 0 Å². The third kappa shape index (κ3) is 2.39. The zero-order valence-electron chi connectivity index (χ0n) is 8.67. The summed E-state index contributed by atoms with van der Waals surface area (Å²) < 4.78 is 38.3. The molecule has 2 aromatic rings. The van der Waals surface area contributed by atoms with Crippen molar-refractivity contribution in [2.75, 3.05) is 5.73 Å². The van der Waals surface area contributed by atoms with E-state index in [-0.39, 0.29) is 15.7 Å². The summed E-state index contributed by atoms with van der Waals surface area (Å²) in [6.07, 6.45) is -2.96. The van der Waals surface area contributed by atoms with Gasteiger partial charge in [-0.15, -0.1) is 0 Å². The average Bonchev–Trinajstić information content (AvgIpc) is 2.64. The first-order valence-corrected chi connectivity index (χ1v) is 5.41. The number of benzene rings is 1. The zero-order valence-corrected chi connectivity index (χ0v) is 10.2. The zero-order chi connectivity index (χ0) is 13.5. The molecule has 0 spiro atoms. The van der Waals surface area contributed by atoms with Crippen LogP contribution in [0.1, 0.15) is 5.56 Å². The van der Waals surface area contributed by atoms with E-state index < -0.39 is 11.7 Å². The molecule has 1 heterocycles. The summed E-state index contributed by atoms with van der Waals surface area (Å²) in [5, 5.41) is 3.84. The number of halogens is 5. The highest BCUT2D eigenvalue weighted by Crippen LogP contribution is 2.33. The van der Waals surface area contributed by atoms with E-state index in [2.05, 4.69) is 5.10 Å². The minimum atomic E-state index is -4.47. The molecule has 0 bridgehead atoms. The normalized spacial score (nSPS) is 11.8. The van der Waals surface area contributed by atoms with Crippen LogP contribution in [0.4, 0.5) is 18.9 Å². The molecule has 0 aliphatic carbocycles. The number of hydrogen-bond acceptors (Lipinski definition) is 2. The van der Waals surface area contributed by atoms with Crippen LogP contribution in [0.2, 0.25) is 10.0 Å². The van der Waals surface area contributed by atoms with Crippen LogP contribution in [0, 0.1) is 0 Å². The summed E-state index contributed by atoms with van der Waals surface area (Å²) >= 11 is 11.8. The van der Waals surface area contributed by atoms with Gasteiger partial charge in [-0.05, 0) is 12.1 Å². The molecule has 2 rings (SSSR count). The van der Waals surface area contributed by atoms with Crippen molar-refractivity contribution in [2.45, 2.75) is 6.18 Å². The molecule has 3 nitrogen and oxygen atoms in total. The second-order valence-electron chi connectivity index (χ2n) is 3.50. The van der Waals surface area contributed by atoms with E-state index in [0.717, 1.165) is 10.9 Å². The minimum Gasteiger partial charge on any atom is -0.399 e. The van der Waals surface area contributed by atoms with E-state index >= 15 is 0 Å². The van der Waals surface area contributed by atoms with Crippen molar-refractivity contribution in [1.82, 2.24) is 9.78 Å². The third-order valence-corrected chi connectivity index (χ3v) is 2.75. The molecule has 0 aliphatic rings. The second kappa shape index (κ2) is 4.37. The number of aromatic nitrogens is 2. The quantitative estimate of drug-likeness (QED) is 0.814. The van der Waals surface area contributed by atoms with E-state index in [9.17, 15) is 13.2 Å². The number of nitrogen functional groups attached to an aromatic ring is 1. The van der Waals surface area contributed by atoms with E-state index in [4.69, 9.17) is 28.9 Å². The summed E-state index contributed by atoms with van der Waals surface area (Å²) in [6, 6.07) is 2.77. The first-order valence-electron chi connectivity index (χ1n) is 4.66. The molecule has 8 heteroatoms. The lowest BCUT2D eigenvalue weighted by molar-refractivity contribution is -0.137. The van der Waals surface area contributed by atoms with E-state index in [1.807, 2.05) is 0 Å². The number of nitrogens with two attached hydrogens (primary N) is 1. The molecule has 18 heavy (non-hydrogen) atoms. The molecular formula is C10H6Cl2F3N3. The molecule has 0 unspecified atom stereocenters. The number of rotatable bonds is 1. The standard InChI is InChI=1S/C10H6Cl2F3N3/c11-7-1-6(16)2-8(12)9(7)18-4-5(3-17-18)10(13,14)15/h1-4H,16H2. The van der Waals surface area contributed by atoms with Crippen molar-refractivity contribution in [3.8, 4) is 5.69 Å². The Labute approximate surface area is 110 Å². The average molecular weight is 296 g/mol. The predicted molar refractivity (Wildman–Crippen MR) is 63.0 cm³/mol. The van der Waals surface area contributed by atoms with Gasteiger partial charge in [0, 0.05) is 11.9 Å². The lowest BCUT2D eigenvalue weighted by Gasteiger charge is -2.08. The van der Waals surface area contributed by atoms with Crippen LogP contribution in [-0.4, -0.2) is 9.78 Å². The molecule has 0 radical (unpaired) electrons. The minimum absolute atomic E-state index is 0.122. The van der Waals surface area contributed by atoms with Crippen molar-refractivity contribution < 1.29 is 13.2 Å². The lowest BCUT2D eigenvalue weighted by Crippen LogP contribution is -2.03. The maximum absolute atomic E-state index is 12.4. The molecule has 0 saturated heterocycles. The fourth-order valence-electron chi connectivity index (χ4n) is 1.40. The maximum atomic E-state index is 12.4. The van der Waals surface area contributed by atoms with Gasteiger partial charge in [0.2, 0.25) is 0 Å². The first-order chi connectivity index (χ1) is 8.29. The molecule has 2 N–H and O–H groups in total. The van der Waals surface area contributed by atoms with Crippen molar-refractivity contribution in [1.29, 1.82) is 0 Å². The third-order valence-electron chi connectivity index (χ3n) is 2.18. The summed E-state index contributed by atoms with van der Waals surface area (Å²) in [6.45, 7) is 0. The lowest BCUT2D eigenvalue weighted by atomic mass is 10.3.